The maximum atomic E-state index is 12.1. The molecule has 0 spiro atoms. The van der Waals surface area contributed by atoms with Crippen LogP contribution in [0.3, 0.4) is 0 Å². The van der Waals surface area contributed by atoms with Gasteiger partial charge in [-0.1, -0.05) is 0 Å². The number of ether oxygens (including phenoxy) is 2. The Labute approximate surface area is 143 Å². The van der Waals surface area contributed by atoms with Crippen LogP contribution in [0.5, 0.6) is 11.5 Å². The number of benzene rings is 1. The predicted molar refractivity (Wildman–Crippen MR) is 94.6 cm³/mol. The quantitative estimate of drug-likeness (QED) is 0.866. The Morgan fingerprint density at radius 1 is 1.25 bits per heavy atom. The van der Waals surface area contributed by atoms with Gasteiger partial charge in [-0.05, 0) is 42.1 Å². The van der Waals surface area contributed by atoms with Crippen molar-refractivity contribution in [2.45, 2.75) is 0 Å². The predicted octanol–water partition coefficient (Wildman–Crippen LogP) is 2.99. The van der Waals surface area contributed by atoms with E-state index in [0.29, 0.717) is 27.3 Å². The number of aliphatic imine (C=N–C) groups is 1. The zero-order chi connectivity index (χ0) is 16.9. The number of rotatable bonds is 4. The number of amidine groups is 1. The van der Waals surface area contributed by atoms with Gasteiger partial charge >= 0.3 is 0 Å². The highest BCUT2D eigenvalue weighted by Gasteiger charge is 2.24. The van der Waals surface area contributed by atoms with Crippen LogP contribution in [0.25, 0.3) is 6.08 Å². The highest BCUT2D eigenvalue weighted by atomic mass is 32.2. The summed E-state index contributed by atoms with van der Waals surface area (Å²) in [6, 6.07) is 9.04. The van der Waals surface area contributed by atoms with Crippen molar-refractivity contribution >= 4 is 34.6 Å². The van der Waals surface area contributed by atoms with Gasteiger partial charge in [-0.15, -0.1) is 0 Å². The molecule has 1 aliphatic rings. The number of nitrogens with one attached hydrogen (secondary N) is 1. The summed E-state index contributed by atoms with van der Waals surface area (Å²) in [7, 11) is 3.17. The van der Waals surface area contributed by atoms with Crippen molar-refractivity contribution in [2.75, 3.05) is 14.2 Å². The van der Waals surface area contributed by atoms with Crippen molar-refractivity contribution in [1.29, 1.82) is 0 Å². The molecule has 24 heavy (non-hydrogen) atoms. The molecule has 0 atom stereocenters. The van der Waals surface area contributed by atoms with E-state index in [0.717, 1.165) is 5.56 Å². The Kier molecular flexibility index (Phi) is 4.81. The summed E-state index contributed by atoms with van der Waals surface area (Å²) in [5.74, 6) is 1.13. The van der Waals surface area contributed by atoms with Gasteiger partial charge < -0.3 is 14.8 Å². The molecule has 0 aliphatic carbocycles. The third-order valence-corrected chi connectivity index (χ3v) is 4.16. The molecule has 1 amide bonds. The molecule has 2 heterocycles. The smallest absolute Gasteiger partial charge is 0.264 e. The Morgan fingerprint density at radius 2 is 2.12 bits per heavy atom. The molecule has 1 aliphatic heterocycles. The van der Waals surface area contributed by atoms with Crippen LogP contribution in [-0.2, 0) is 4.79 Å². The molecule has 3 rings (SSSR count). The Hall–Kier alpha value is -2.80. The lowest BCUT2D eigenvalue weighted by Crippen LogP contribution is -2.19. The largest absolute Gasteiger partial charge is 0.497 e. The number of hydrogen-bond acceptors (Lipinski definition) is 6. The van der Waals surface area contributed by atoms with E-state index in [2.05, 4.69) is 15.3 Å². The van der Waals surface area contributed by atoms with E-state index in [1.165, 1.54) is 11.8 Å². The molecule has 0 radical (unpaired) electrons. The van der Waals surface area contributed by atoms with Gasteiger partial charge in [-0.2, -0.15) is 0 Å². The summed E-state index contributed by atoms with van der Waals surface area (Å²) in [5.41, 5.74) is 1.47. The minimum absolute atomic E-state index is 0.194. The summed E-state index contributed by atoms with van der Waals surface area (Å²) in [6.45, 7) is 0. The fourth-order valence-electron chi connectivity index (χ4n) is 2.10. The Balaban J connectivity index is 1.86. The second kappa shape index (κ2) is 7.18. The average molecular weight is 341 g/mol. The van der Waals surface area contributed by atoms with Gasteiger partial charge in [0.25, 0.3) is 5.91 Å². The van der Waals surface area contributed by atoms with Crippen LogP contribution in [0.4, 0.5) is 5.69 Å². The zero-order valence-corrected chi connectivity index (χ0v) is 14.0. The maximum Gasteiger partial charge on any atom is 0.264 e. The van der Waals surface area contributed by atoms with Crippen LogP contribution in [0, 0.1) is 0 Å². The molecule has 0 unspecified atom stereocenters. The number of amides is 1. The molecule has 1 N–H and O–H groups in total. The highest BCUT2D eigenvalue weighted by Crippen LogP contribution is 2.32. The number of hydrogen-bond donors (Lipinski definition) is 1. The lowest BCUT2D eigenvalue weighted by atomic mass is 10.1. The zero-order valence-electron chi connectivity index (χ0n) is 13.1. The minimum Gasteiger partial charge on any atom is -0.497 e. The first-order chi connectivity index (χ1) is 11.7. The van der Waals surface area contributed by atoms with Gasteiger partial charge in [-0.25, -0.2) is 4.99 Å². The molecule has 0 bridgehead atoms. The van der Waals surface area contributed by atoms with E-state index in [-0.39, 0.29) is 5.91 Å². The summed E-state index contributed by atoms with van der Waals surface area (Å²) in [4.78, 5) is 21.0. The van der Waals surface area contributed by atoms with Gasteiger partial charge in [0.1, 0.15) is 11.5 Å². The number of pyridine rings is 1. The summed E-state index contributed by atoms with van der Waals surface area (Å²) in [5, 5.41) is 3.27. The molecular formula is C17H15N3O3S. The van der Waals surface area contributed by atoms with Crippen molar-refractivity contribution in [2.24, 2.45) is 4.99 Å². The molecule has 1 saturated heterocycles. The van der Waals surface area contributed by atoms with Crippen molar-refractivity contribution < 1.29 is 14.3 Å². The highest BCUT2D eigenvalue weighted by molar-refractivity contribution is 8.18. The third kappa shape index (κ3) is 3.57. The first-order valence-corrected chi connectivity index (χ1v) is 7.93. The molecule has 122 valence electrons. The molecule has 0 saturated carbocycles. The number of methoxy groups -OCH3 is 2. The second-order valence-electron chi connectivity index (χ2n) is 4.80. The summed E-state index contributed by atoms with van der Waals surface area (Å²) < 4.78 is 10.5. The van der Waals surface area contributed by atoms with Gasteiger partial charge in [0.2, 0.25) is 0 Å². The number of carbonyl (C=O) groups is 1. The van der Waals surface area contributed by atoms with Crippen molar-refractivity contribution in [3.8, 4) is 11.5 Å². The summed E-state index contributed by atoms with van der Waals surface area (Å²) in [6.07, 6.45) is 5.07. The normalized spacial score (nSPS) is 17.2. The first kappa shape index (κ1) is 16.1. The maximum absolute atomic E-state index is 12.1. The molecule has 6 nitrogen and oxygen atoms in total. The molecule has 1 aromatic heterocycles. The van der Waals surface area contributed by atoms with Gasteiger partial charge in [0.15, 0.2) is 5.17 Å². The Bertz CT molecular complexity index is 819. The molecule has 1 aromatic carbocycles. The fraction of sp³-hybridized carbons (Fsp3) is 0.118. The van der Waals surface area contributed by atoms with E-state index in [1.807, 2.05) is 18.2 Å². The van der Waals surface area contributed by atoms with E-state index in [9.17, 15) is 4.79 Å². The van der Waals surface area contributed by atoms with Crippen LogP contribution < -0.4 is 14.8 Å². The second-order valence-corrected chi connectivity index (χ2v) is 5.83. The van der Waals surface area contributed by atoms with Crippen LogP contribution >= 0.6 is 11.8 Å². The molecule has 1 fully saturated rings. The topological polar surface area (TPSA) is 72.8 Å². The lowest BCUT2D eigenvalue weighted by Gasteiger charge is -2.07. The number of aromatic nitrogens is 1. The van der Waals surface area contributed by atoms with Crippen LogP contribution in [0.15, 0.2) is 52.6 Å². The number of nitrogens with zero attached hydrogens (tertiary/aromatic N) is 2. The minimum atomic E-state index is -0.194. The Morgan fingerprint density at radius 3 is 2.83 bits per heavy atom. The lowest BCUT2D eigenvalue weighted by molar-refractivity contribution is -0.115. The van der Waals surface area contributed by atoms with E-state index >= 15 is 0 Å². The van der Waals surface area contributed by atoms with Crippen molar-refractivity contribution in [1.82, 2.24) is 10.3 Å². The summed E-state index contributed by atoms with van der Waals surface area (Å²) >= 11 is 1.27. The average Bonchev–Trinajstić information content (AvgIpc) is 2.95. The SMILES string of the molecule is COc1ccc(C=C2SC(=Nc3cccnc3)NC2=O)c(OC)c1. The first-order valence-electron chi connectivity index (χ1n) is 7.11. The standard InChI is InChI=1S/C17H15N3O3S/c1-22-13-6-5-11(14(9-13)23-2)8-15-16(21)20-17(24-15)19-12-4-3-7-18-10-12/h3-10H,1-2H3,(H,19,20,21). The van der Waals surface area contributed by atoms with Crippen molar-refractivity contribution in [3.05, 3.63) is 53.2 Å². The van der Waals surface area contributed by atoms with E-state index in [4.69, 9.17) is 9.47 Å². The van der Waals surface area contributed by atoms with E-state index in [1.54, 1.807) is 44.8 Å². The number of thioether (sulfide) groups is 1. The number of carbonyl (C=O) groups excluding carboxylic acids is 1. The van der Waals surface area contributed by atoms with Gasteiger partial charge in [0, 0.05) is 17.8 Å². The van der Waals surface area contributed by atoms with Crippen molar-refractivity contribution in [3.63, 3.8) is 0 Å². The van der Waals surface area contributed by atoms with Crippen LogP contribution in [0.2, 0.25) is 0 Å². The molecular weight excluding hydrogens is 326 g/mol. The van der Waals surface area contributed by atoms with Gasteiger partial charge in [-0.3, -0.25) is 9.78 Å². The van der Waals surface area contributed by atoms with Gasteiger partial charge in [0.05, 0.1) is 31.0 Å². The van der Waals surface area contributed by atoms with Crippen LogP contribution in [-0.4, -0.2) is 30.3 Å². The third-order valence-electron chi connectivity index (χ3n) is 3.25. The molecule has 2 aromatic rings. The fourth-order valence-corrected chi connectivity index (χ4v) is 2.93. The van der Waals surface area contributed by atoms with Crippen LogP contribution in [0.1, 0.15) is 5.56 Å². The molecule has 7 heteroatoms. The van der Waals surface area contributed by atoms with E-state index < -0.39 is 0 Å². The monoisotopic (exact) mass is 341 g/mol.